The van der Waals surface area contributed by atoms with Gasteiger partial charge in [0.25, 0.3) is 0 Å². The minimum atomic E-state index is -1.39. The molecule has 5 aromatic rings. The van der Waals surface area contributed by atoms with E-state index in [2.05, 4.69) is 39.3 Å². The molecule has 49 heavy (non-hydrogen) atoms. The number of esters is 1. The normalized spacial score (nSPS) is 19.7. The first-order valence-electron chi connectivity index (χ1n) is 16.6. The lowest BCUT2D eigenvalue weighted by molar-refractivity contribution is -0.143. The number of fused-ring (bicyclic) bond motifs is 8. The van der Waals surface area contributed by atoms with Crippen molar-refractivity contribution >= 4 is 16.9 Å². The maximum Gasteiger partial charge on any atom is 0.306 e. The number of nitrogens with zero attached hydrogens (tertiary/aromatic N) is 1. The van der Waals surface area contributed by atoms with Gasteiger partial charge in [-0.15, -0.1) is 0 Å². The van der Waals surface area contributed by atoms with Gasteiger partial charge >= 0.3 is 5.97 Å². The first-order valence-corrected chi connectivity index (χ1v) is 16.6. The molecule has 3 heterocycles. The van der Waals surface area contributed by atoms with Crippen LogP contribution in [0.2, 0.25) is 0 Å². The zero-order valence-corrected chi connectivity index (χ0v) is 27.6. The van der Waals surface area contributed by atoms with Crippen LogP contribution in [0, 0.1) is 11.6 Å². The monoisotopic (exact) mass is 669 g/mol. The van der Waals surface area contributed by atoms with Gasteiger partial charge in [0.15, 0.2) is 11.6 Å². The number of carbonyl (C=O) groups is 1. The molecule has 1 aliphatic rings. The number of aliphatic hydroxyl groups is 1. The van der Waals surface area contributed by atoms with E-state index in [-0.39, 0.29) is 40.7 Å². The van der Waals surface area contributed by atoms with E-state index in [1.54, 1.807) is 31.6 Å². The Morgan fingerprint density at radius 1 is 1.12 bits per heavy atom. The van der Waals surface area contributed by atoms with E-state index in [0.29, 0.717) is 36.3 Å². The highest BCUT2D eigenvalue weighted by molar-refractivity contribution is 5.86. The topological polar surface area (TPSA) is 138 Å². The second-order valence-electron chi connectivity index (χ2n) is 12.6. The summed E-state index contributed by atoms with van der Waals surface area (Å²) in [7, 11) is 0. The molecule has 0 aliphatic carbocycles. The smallest absolute Gasteiger partial charge is 0.306 e. The first-order chi connectivity index (χ1) is 23.7. The molecule has 3 aromatic carbocycles. The third-order valence-electron chi connectivity index (χ3n) is 9.23. The SMILES string of the molecule is CCOC(=O)CCc1cccc(C2(C)CCCCCN/C=C(\N)C(O)c3c(c(F)cc4[nH]ccc34)Oc3ccc(F)c(c3)-c3ncc2[nH]3)c1. The quantitative estimate of drug-likeness (QED) is 0.123. The molecule has 0 amide bonds. The number of rotatable bonds is 5. The highest BCUT2D eigenvalue weighted by Gasteiger charge is 2.32. The van der Waals surface area contributed by atoms with Crippen LogP contribution in [-0.2, 0) is 21.4 Å². The van der Waals surface area contributed by atoms with Crippen LogP contribution in [0.1, 0.15) is 74.4 Å². The van der Waals surface area contributed by atoms with E-state index < -0.39 is 23.2 Å². The van der Waals surface area contributed by atoms with Gasteiger partial charge < -0.3 is 35.6 Å². The van der Waals surface area contributed by atoms with E-state index >= 15 is 8.78 Å². The zero-order valence-electron chi connectivity index (χ0n) is 27.6. The third kappa shape index (κ3) is 7.17. The Bertz CT molecular complexity index is 1990. The predicted octanol–water partition coefficient (Wildman–Crippen LogP) is 7.43. The fraction of sp³-hybridized carbons (Fsp3) is 0.316. The molecule has 0 fully saturated rings. The lowest BCUT2D eigenvalue weighted by atomic mass is 9.75. The number of aromatic nitrogens is 3. The molecule has 6 rings (SSSR count). The molecule has 2 aromatic heterocycles. The lowest BCUT2D eigenvalue weighted by Gasteiger charge is -2.30. The summed E-state index contributed by atoms with van der Waals surface area (Å²) in [6, 6.07) is 15.2. The van der Waals surface area contributed by atoms with E-state index in [4.69, 9.17) is 15.2 Å². The highest BCUT2D eigenvalue weighted by Crippen LogP contribution is 2.41. The molecule has 0 saturated heterocycles. The summed E-state index contributed by atoms with van der Waals surface area (Å²) in [4.78, 5) is 23.0. The molecule has 9 nitrogen and oxygen atoms in total. The molecule has 4 bridgehead atoms. The van der Waals surface area contributed by atoms with E-state index in [0.717, 1.165) is 42.5 Å². The number of carbonyl (C=O) groups excluding carboxylic acids is 1. The first kappa shape index (κ1) is 33.7. The summed E-state index contributed by atoms with van der Waals surface area (Å²) in [5, 5.41) is 15.1. The van der Waals surface area contributed by atoms with E-state index in [1.165, 1.54) is 24.3 Å². The summed E-state index contributed by atoms with van der Waals surface area (Å²) in [6.07, 6.45) is 7.72. The number of hydrogen-bond donors (Lipinski definition) is 5. The van der Waals surface area contributed by atoms with Crippen molar-refractivity contribution in [2.24, 2.45) is 5.73 Å². The summed E-state index contributed by atoms with van der Waals surface area (Å²) < 4.78 is 42.3. The molecule has 2 atom stereocenters. The van der Waals surface area contributed by atoms with Crippen LogP contribution in [0.5, 0.6) is 11.5 Å². The standard InChI is InChI=1S/C38H41F2N5O4/c1-3-48-33(46)13-10-23-8-7-9-24(18-23)38(2)15-5-4-6-16-42-21-30(41)35(47)34-26-14-17-43-31(26)20-29(40)36(34)49-25-11-12-28(39)27(19-25)37-44-22-32(38)45-37/h7-9,11-12,14,17-22,35,42-43,47H,3-6,10,13,15-16,41H2,1-2H3,(H,44,45)/b30-21-. The van der Waals surface area contributed by atoms with Crippen LogP contribution in [0.3, 0.4) is 0 Å². The minimum Gasteiger partial charge on any atom is -0.466 e. The van der Waals surface area contributed by atoms with Crippen molar-refractivity contribution in [1.29, 1.82) is 0 Å². The van der Waals surface area contributed by atoms with Crippen LogP contribution in [0.4, 0.5) is 8.78 Å². The predicted molar refractivity (Wildman–Crippen MR) is 184 cm³/mol. The van der Waals surface area contributed by atoms with E-state index in [1.807, 2.05) is 12.1 Å². The summed E-state index contributed by atoms with van der Waals surface area (Å²) in [5.74, 6) is -1.28. The molecule has 256 valence electrons. The van der Waals surface area contributed by atoms with Crippen LogP contribution in [0.15, 0.2) is 78.9 Å². The maximum atomic E-state index is 15.6. The number of halogens is 2. The number of hydrogen-bond acceptors (Lipinski definition) is 7. The molecule has 2 unspecified atom stereocenters. The Kier molecular flexibility index (Phi) is 10.0. The van der Waals surface area contributed by atoms with Crippen LogP contribution in [0.25, 0.3) is 22.3 Å². The number of aliphatic hydroxyl groups excluding tert-OH is 1. The molecule has 0 saturated carbocycles. The second-order valence-corrected chi connectivity index (χ2v) is 12.6. The van der Waals surface area contributed by atoms with Crippen molar-refractivity contribution in [3.8, 4) is 22.9 Å². The van der Waals surface area contributed by atoms with Crippen molar-refractivity contribution in [1.82, 2.24) is 20.3 Å². The van der Waals surface area contributed by atoms with Gasteiger partial charge in [0, 0.05) is 65.2 Å². The van der Waals surface area contributed by atoms with Crippen molar-refractivity contribution in [3.05, 3.63) is 113 Å². The fourth-order valence-electron chi connectivity index (χ4n) is 6.46. The van der Waals surface area contributed by atoms with Gasteiger partial charge in [0.2, 0.25) is 0 Å². The van der Waals surface area contributed by atoms with Gasteiger partial charge in [-0.05, 0) is 68.5 Å². The van der Waals surface area contributed by atoms with Crippen LogP contribution in [-0.4, -0.2) is 39.2 Å². The Labute approximate surface area is 283 Å². The zero-order chi connectivity index (χ0) is 34.5. The maximum absolute atomic E-state index is 15.6. The summed E-state index contributed by atoms with van der Waals surface area (Å²) in [6.45, 7) is 4.88. The number of aromatic amines is 2. The lowest BCUT2D eigenvalue weighted by Crippen LogP contribution is -2.25. The minimum absolute atomic E-state index is 0.0916. The number of nitrogens with one attached hydrogen (secondary N) is 3. The van der Waals surface area contributed by atoms with E-state index in [9.17, 15) is 9.90 Å². The summed E-state index contributed by atoms with van der Waals surface area (Å²) >= 11 is 0. The highest BCUT2D eigenvalue weighted by atomic mass is 19.1. The summed E-state index contributed by atoms with van der Waals surface area (Å²) in [5.41, 5.74) is 9.50. The van der Waals surface area contributed by atoms with Crippen molar-refractivity contribution < 1.29 is 28.2 Å². The average molecular weight is 670 g/mol. The van der Waals surface area contributed by atoms with Crippen LogP contribution >= 0.6 is 0 Å². The largest absolute Gasteiger partial charge is 0.466 e. The van der Waals surface area contributed by atoms with Crippen molar-refractivity contribution in [2.45, 2.75) is 63.9 Å². The van der Waals surface area contributed by atoms with Gasteiger partial charge in [-0.1, -0.05) is 37.1 Å². The van der Waals surface area contributed by atoms with Gasteiger partial charge in [-0.2, -0.15) is 0 Å². The number of benzene rings is 3. The number of imidazole rings is 1. The second kappa shape index (κ2) is 14.5. The Morgan fingerprint density at radius 3 is 2.82 bits per heavy atom. The molecule has 0 spiro atoms. The van der Waals surface area contributed by atoms with Gasteiger partial charge in [-0.25, -0.2) is 13.8 Å². The van der Waals surface area contributed by atoms with Gasteiger partial charge in [0.05, 0.1) is 17.9 Å². The fourth-order valence-corrected chi connectivity index (χ4v) is 6.46. The van der Waals surface area contributed by atoms with Crippen LogP contribution < -0.4 is 15.8 Å². The Hall–Kier alpha value is -5.16. The number of H-pyrrole nitrogens is 2. The molecular weight excluding hydrogens is 628 g/mol. The molecule has 11 heteroatoms. The number of ether oxygens (including phenoxy) is 2. The van der Waals surface area contributed by atoms with Crippen molar-refractivity contribution in [2.75, 3.05) is 13.2 Å². The molecule has 6 N–H and O–H groups in total. The van der Waals surface area contributed by atoms with Gasteiger partial charge in [-0.3, -0.25) is 4.79 Å². The third-order valence-corrected chi connectivity index (χ3v) is 9.23. The molecule has 1 aliphatic heterocycles. The molecular formula is C38H41F2N5O4. The molecule has 0 radical (unpaired) electrons. The number of aryl methyl sites for hydroxylation is 1. The van der Waals surface area contributed by atoms with Gasteiger partial charge in [0.1, 0.15) is 23.5 Å². The van der Waals surface area contributed by atoms with Crippen molar-refractivity contribution in [3.63, 3.8) is 0 Å². The average Bonchev–Trinajstić information content (AvgIpc) is 3.78. The Morgan fingerprint density at radius 2 is 1.98 bits per heavy atom. The number of nitrogens with two attached hydrogens (primary N) is 1. The Balaban J connectivity index is 1.41.